The number of esters is 1. The first kappa shape index (κ1) is 32.2. The Labute approximate surface area is 247 Å². The lowest BCUT2D eigenvalue weighted by Gasteiger charge is -2.09. The standard InChI is InChI=1S/C26H35N11O6/c1-7-43-20(39)10-9-19(38)28-16-13-36(5)22(29-16)25(41)33-18-15-37(6)23(31-18)26(42)32-17-14-35(4)21(30-17)24(40)27-11-8-12-34(2)3/h9-10,13-15H,7-8,11-12H2,1-6H3,(H,27,40)(H,28,38)(H,32,42)(H,33,41)/b10-9+. The molecule has 0 aliphatic rings. The van der Waals surface area contributed by atoms with Crippen LogP contribution < -0.4 is 21.3 Å². The molecule has 17 nitrogen and oxygen atoms in total. The van der Waals surface area contributed by atoms with Crippen LogP contribution in [0, 0.1) is 0 Å². The summed E-state index contributed by atoms with van der Waals surface area (Å²) in [5, 5.41) is 10.4. The molecule has 0 saturated heterocycles. The van der Waals surface area contributed by atoms with Crippen LogP contribution >= 0.6 is 0 Å². The van der Waals surface area contributed by atoms with Gasteiger partial charge in [0.05, 0.1) is 6.61 Å². The van der Waals surface area contributed by atoms with Gasteiger partial charge in [0.25, 0.3) is 17.7 Å². The van der Waals surface area contributed by atoms with Gasteiger partial charge in [-0.05, 0) is 34.0 Å². The fourth-order valence-electron chi connectivity index (χ4n) is 3.74. The minimum absolute atomic E-state index is 0.0307. The minimum atomic E-state index is -0.666. The first-order valence-electron chi connectivity index (χ1n) is 13.2. The number of rotatable bonds is 13. The van der Waals surface area contributed by atoms with E-state index in [1.54, 1.807) is 28.1 Å². The van der Waals surface area contributed by atoms with Gasteiger partial charge in [0.15, 0.2) is 17.5 Å². The van der Waals surface area contributed by atoms with Crippen LogP contribution in [0.3, 0.4) is 0 Å². The highest BCUT2D eigenvalue weighted by Gasteiger charge is 2.21. The maximum absolute atomic E-state index is 12.9. The van der Waals surface area contributed by atoms with E-state index in [0.29, 0.717) is 6.54 Å². The lowest BCUT2D eigenvalue weighted by Crippen LogP contribution is -2.29. The summed E-state index contributed by atoms with van der Waals surface area (Å²) in [4.78, 5) is 76.1. The predicted octanol–water partition coefficient (Wildman–Crippen LogP) is 0.131. The topological polar surface area (TPSA) is 199 Å². The maximum atomic E-state index is 12.9. The van der Waals surface area contributed by atoms with Crippen molar-refractivity contribution in [3.8, 4) is 0 Å². The molecular weight excluding hydrogens is 562 g/mol. The number of hydrogen-bond acceptors (Lipinski definition) is 10. The third kappa shape index (κ3) is 9.09. The van der Waals surface area contributed by atoms with Crippen molar-refractivity contribution in [1.29, 1.82) is 0 Å². The number of nitrogens with one attached hydrogen (secondary N) is 4. The highest BCUT2D eigenvalue weighted by Crippen LogP contribution is 2.14. The lowest BCUT2D eigenvalue weighted by atomic mass is 10.4. The molecule has 43 heavy (non-hydrogen) atoms. The highest BCUT2D eigenvalue weighted by atomic mass is 16.5. The van der Waals surface area contributed by atoms with Gasteiger partial charge in [-0.15, -0.1) is 0 Å². The number of ether oxygens (including phenoxy) is 1. The summed E-state index contributed by atoms with van der Waals surface area (Å²) in [7, 11) is 8.66. The second-order valence-corrected chi connectivity index (χ2v) is 9.58. The number of carbonyl (C=O) groups excluding carboxylic acids is 5. The van der Waals surface area contributed by atoms with Crippen molar-refractivity contribution >= 4 is 47.1 Å². The Bertz CT molecular complexity index is 1530. The Morgan fingerprint density at radius 2 is 1.23 bits per heavy atom. The number of hydrogen-bond donors (Lipinski definition) is 4. The molecule has 0 spiro atoms. The van der Waals surface area contributed by atoms with Gasteiger partial charge in [0.2, 0.25) is 23.4 Å². The average Bonchev–Trinajstić information content (AvgIpc) is 3.60. The average molecular weight is 598 g/mol. The molecule has 4 N–H and O–H groups in total. The molecule has 230 valence electrons. The van der Waals surface area contributed by atoms with Crippen LogP contribution in [-0.4, -0.2) is 96.9 Å². The summed E-state index contributed by atoms with van der Waals surface area (Å²) in [6.45, 7) is 3.13. The molecule has 0 radical (unpaired) electrons. The smallest absolute Gasteiger partial charge is 0.330 e. The first-order valence-corrected chi connectivity index (χ1v) is 13.2. The van der Waals surface area contributed by atoms with Crippen molar-refractivity contribution in [1.82, 2.24) is 38.9 Å². The van der Waals surface area contributed by atoms with Crippen LogP contribution in [0.15, 0.2) is 30.7 Å². The molecular formula is C26H35N11O6. The summed E-state index contributed by atoms with van der Waals surface area (Å²) in [6, 6.07) is 0. The molecule has 0 fully saturated rings. The Kier molecular flexibility index (Phi) is 10.9. The van der Waals surface area contributed by atoms with Gasteiger partial charge in [-0.3, -0.25) is 19.2 Å². The molecule has 17 heteroatoms. The molecule has 0 unspecified atom stereocenters. The van der Waals surface area contributed by atoms with Gasteiger partial charge in [0, 0.05) is 58.4 Å². The molecule has 3 rings (SSSR count). The van der Waals surface area contributed by atoms with Crippen LogP contribution in [0.5, 0.6) is 0 Å². The van der Waals surface area contributed by atoms with Crippen molar-refractivity contribution < 1.29 is 28.7 Å². The third-order valence-electron chi connectivity index (χ3n) is 5.70. The second-order valence-electron chi connectivity index (χ2n) is 9.58. The zero-order valence-electron chi connectivity index (χ0n) is 24.8. The largest absolute Gasteiger partial charge is 0.463 e. The Balaban J connectivity index is 1.60. The van der Waals surface area contributed by atoms with E-state index in [1.807, 2.05) is 19.0 Å². The van der Waals surface area contributed by atoms with E-state index >= 15 is 0 Å². The van der Waals surface area contributed by atoms with Crippen LogP contribution in [0.4, 0.5) is 17.5 Å². The van der Waals surface area contributed by atoms with E-state index < -0.39 is 23.7 Å². The van der Waals surface area contributed by atoms with E-state index in [2.05, 4.69) is 36.2 Å². The number of aryl methyl sites for hydroxylation is 3. The molecule has 0 saturated carbocycles. The van der Waals surface area contributed by atoms with E-state index in [4.69, 9.17) is 4.74 Å². The molecule has 3 aromatic heterocycles. The van der Waals surface area contributed by atoms with Crippen molar-refractivity contribution in [2.75, 3.05) is 49.7 Å². The van der Waals surface area contributed by atoms with Gasteiger partial charge >= 0.3 is 5.97 Å². The number of imidazole rings is 3. The third-order valence-corrected chi connectivity index (χ3v) is 5.70. The van der Waals surface area contributed by atoms with Gasteiger partial charge in [-0.1, -0.05) is 0 Å². The SMILES string of the molecule is CCOC(=O)/C=C/C(=O)Nc1cn(C)c(C(=O)Nc2cn(C)c(C(=O)Nc3cn(C)c(C(=O)NCCCN(C)C)n3)n2)n1. The van der Waals surface area contributed by atoms with Gasteiger partial charge < -0.3 is 44.6 Å². The molecule has 4 amide bonds. The normalized spacial score (nSPS) is 11.0. The molecule has 3 aromatic rings. The fourth-order valence-corrected chi connectivity index (χ4v) is 3.74. The summed E-state index contributed by atoms with van der Waals surface area (Å²) < 4.78 is 9.00. The number of anilines is 3. The summed E-state index contributed by atoms with van der Waals surface area (Å²) in [6.07, 6.45) is 7.08. The van der Waals surface area contributed by atoms with E-state index in [9.17, 15) is 24.0 Å². The van der Waals surface area contributed by atoms with Gasteiger partial charge in [0.1, 0.15) is 0 Å². The quantitative estimate of drug-likeness (QED) is 0.119. The highest BCUT2D eigenvalue weighted by molar-refractivity contribution is 6.05. The Morgan fingerprint density at radius 3 is 1.70 bits per heavy atom. The van der Waals surface area contributed by atoms with Crippen LogP contribution in [-0.2, 0) is 35.5 Å². The van der Waals surface area contributed by atoms with Gasteiger partial charge in [-0.25, -0.2) is 19.7 Å². The molecule has 0 aliphatic heterocycles. The van der Waals surface area contributed by atoms with Crippen LogP contribution in [0.1, 0.15) is 45.2 Å². The van der Waals surface area contributed by atoms with Gasteiger partial charge in [-0.2, -0.15) is 0 Å². The monoisotopic (exact) mass is 597 g/mol. The number of aromatic nitrogens is 6. The summed E-state index contributed by atoms with van der Waals surface area (Å²) in [5.74, 6) is -2.59. The van der Waals surface area contributed by atoms with Crippen LogP contribution in [0.25, 0.3) is 0 Å². The molecule has 0 aliphatic carbocycles. The molecule has 0 aromatic carbocycles. The zero-order chi connectivity index (χ0) is 31.7. The number of carbonyl (C=O) groups is 5. The lowest BCUT2D eigenvalue weighted by molar-refractivity contribution is -0.137. The van der Waals surface area contributed by atoms with Crippen LogP contribution in [0.2, 0.25) is 0 Å². The van der Waals surface area contributed by atoms with Crippen molar-refractivity contribution in [3.05, 3.63) is 48.2 Å². The Hall–Kier alpha value is -5.32. The molecule has 0 bridgehead atoms. The predicted molar refractivity (Wildman–Crippen MR) is 155 cm³/mol. The summed E-state index contributed by atoms with van der Waals surface area (Å²) >= 11 is 0. The minimum Gasteiger partial charge on any atom is -0.463 e. The van der Waals surface area contributed by atoms with E-state index in [-0.39, 0.29) is 47.4 Å². The number of amides is 4. The van der Waals surface area contributed by atoms with E-state index in [1.165, 1.54) is 32.3 Å². The fraction of sp³-hybridized carbons (Fsp3) is 0.385. The maximum Gasteiger partial charge on any atom is 0.330 e. The number of nitrogens with zero attached hydrogens (tertiary/aromatic N) is 7. The zero-order valence-corrected chi connectivity index (χ0v) is 24.8. The van der Waals surface area contributed by atoms with Crippen molar-refractivity contribution in [3.63, 3.8) is 0 Å². The second kappa shape index (κ2) is 14.5. The van der Waals surface area contributed by atoms with Crippen molar-refractivity contribution in [2.45, 2.75) is 13.3 Å². The Morgan fingerprint density at radius 1 is 0.767 bits per heavy atom. The van der Waals surface area contributed by atoms with Crippen molar-refractivity contribution in [2.24, 2.45) is 21.1 Å². The molecule has 0 atom stereocenters. The molecule has 3 heterocycles. The first-order chi connectivity index (χ1) is 20.4. The summed E-state index contributed by atoms with van der Waals surface area (Å²) in [5.41, 5.74) is 0. The van der Waals surface area contributed by atoms with E-state index in [0.717, 1.165) is 25.1 Å².